The Morgan fingerprint density at radius 1 is 1.22 bits per heavy atom. The minimum atomic E-state index is -4.27. The molecule has 2 unspecified atom stereocenters. The van der Waals surface area contributed by atoms with E-state index in [-0.39, 0.29) is 31.5 Å². The first kappa shape index (κ1) is 18.5. The van der Waals surface area contributed by atoms with Crippen molar-refractivity contribution in [3.63, 3.8) is 0 Å². The second kappa shape index (κ2) is 6.94. The second-order valence-electron chi connectivity index (χ2n) is 6.33. The normalized spacial score (nSPS) is 27.4. The number of sulfonamides is 1. The van der Waals surface area contributed by atoms with Crippen LogP contribution in [0.25, 0.3) is 0 Å². The molecule has 134 valence electrons. The van der Waals surface area contributed by atoms with Crippen LogP contribution in [0.4, 0.5) is 13.2 Å². The van der Waals surface area contributed by atoms with Crippen molar-refractivity contribution in [3.05, 3.63) is 0 Å². The third-order valence-electron chi connectivity index (χ3n) is 4.25. The van der Waals surface area contributed by atoms with Crippen LogP contribution in [0.2, 0.25) is 0 Å². The summed E-state index contributed by atoms with van der Waals surface area (Å²) in [5, 5.41) is 0. The van der Waals surface area contributed by atoms with E-state index < -0.39 is 22.1 Å². The van der Waals surface area contributed by atoms with Crippen LogP contribution < -0.4 is 4.72 Å². The van der Waals surface area contributed by atoms with E-state index in [0.29, 0.717) is 32.5 Å². The van der Waals surface area contributed by atoms with Gasteiger partial charge in [-0.05, 0) is 19.3 Å². The van der Waals surface area contributed by atoms with Crippen molar-refractivity contribution >= 4 is 15.9 Å². The molecule has 6 nitrogen and oxygen atoms in total. The number of hydrogen-bond donors (Lipinski definition) is 1. The molecule has 0 radical (unpaired) electrons. The summed E-state index contributed by atoms with van der Waals surface area (Å²) in [4.78, 5) is 15.3. The van der Waals surface area contributed by atoms with Gasteiger partial charge < -0.3 is 4.90 Å². The van der Waals surface area contributed by atoms with E-state index >= 15 is 0 Å². The zero-order valence-electron chi connectivity index (χ0n) is 13.0. The van der Waals surface area contributed by atoms with Gasteiger partial charge >= 0.3 is 6.18 Å². The molecule has 2 heterocycles. The van der Waals surface area contributed by atoms with Crippen molar-refractivity contribution in [1.82, 2.24) is 14.5 Å². The van der Waals surface area contributed by atoms with E-state index in [1.807, 2.05) is 0 Å². The number of carbonyl (C=O) groups is 1. The van der Waals surface area contributed by atoms with Gasteiger partial charge in [-0.1, -0.05) is 0 Å². The average molecular weight is 357 g/mol. The van der Waals surface area contributed by atoms with Crippen molar-refractivity contribution < 1.29 is 26.4 Å². The van der Waals surface area contributed by atoms with E-state index in [1.54, 1.807) is 4.90 Å². The Bertz CT molecular complexity index is 538. The maximum absolute atomic E-state index is 12.8. The van der Waals surface area contributed by atoms with Crippen molar-refractivity contribution in [3.8, 4) is 0 Å². The molecule has 0 aromatic rings. The van der Waals surface area contributed by atoms with E-state index in [4.69, 9.17) is 0 Å². The highest BCUT2D eigenvalue weighted by Gasteiger charge is 2.42. The maximum Gasteiger partial charge on any atom is 0.393 e. The van der Waals surface area contributed by atoms with Gasteiger partial charge in [-0.3, -0.25) is 9.69 Å². The van der Waals surface area contributed by atoms with Gasteiger partial charge in [0.2, 0.25) is 15.9 Å². The van der Waals surface area contributed by atoms with Crippen LogP contribution in [0.1, 0.15) is 19.3 Å². The highest BCUT2D eigenvalue weighted by Crippen LogP contribution is 2.33. The first-order valence-corrected chi connectivity index (χ1v) is 9.48. The van der Waals surface area contributed by atoms with Gasteiger partial charge in [-0.25, -0.2) is 13.1 Å². The predicted molar refractivity (Wildman–Crippen MR) is 78.2 cm³/mol. The van der Waals surface area contributed by atoms with Crippen LogP contribution in [-0.4, -0.2) is 75.3 Å². The Morgan fingerprint density at radius 2 is 1.91 bits per heavy atom. The standard InChI is InChI=1S/C13H22F3N3O3S/c1-23(21,22)17-11-4-6-18(8-11)9-12(20)19-5-2-3-10(7-19)13(14,15)16/h10-11,17H,2-9H2,1H3. The summed E-state index contributed by atoms with van der Waals surface area (Å²) in [6, 6.07) is -0.248. The molecule has 1 N–H and O–H groups in total. The molecule has 0 saturated carbocycles. The number of nitrogens with zero attached hydrogens (tertiary/aromatic N) is 2. The minimum Gasteiger partial charge on any atom is -0.341 e. The molecule has 0 aromatic carbocycles. The highest BCUT2D eigenvalue weighted by atomic mass is 32.2. The number of piperidine rings is 1. The fraction of sp³-hybridized carbons (Fsp3) is 0.923. The van der Waals surface area contributed by atoms with Crippen LogP contribution in [0.3, 0.4) is 0 Å². The number of rotatable bonds is 4. The maximum atomic E-state index is 12.8. The van der Waals surface area contributed by atoms with Crippen LogP contribution in [-0.2, 0) is 14.8 Å². The summed E-state index contributed by atoms with van der Waals surface area (Å²) < 4.78 is 63.2. The molecular formula is C13H22F3N3O3S. The first-order chi connectivity index (χ1) is 10.5. The van der Waals surface area contributed by atoms with Gasteiger partial charge in [0.05, 0.1) is 18.7 Å². The van der Waals surface area contributed by atoms with Gasteiger partial charge in [0.1, 0.15) is 0 Å². The molecule has 2 fully saturated rings. The minimum absolute atomic E-state index is 0.0342. The smallest absolute Gasteiger partial charge is 0.341 e. The van der Waals surface area contributed by atoms with Crippen molar-refractivity contribution in [2.45, 2.75) is 31.5 Å². The highest BCUT2D eigenvalue weighted by molar-refractivity contribution is 7.88. The quantitative estimate of drug-likeness (QED) is 0.791. The third kappa shape index (κ3) is 5.61. The Morgan fingerprint density at radius 3 is 2.52 bits per heavy atom. The fourth-order valence-corrected chi connectivity index (χ4v) is 3.94. The molecule has 2 aliphatic heterocycles. The molecule has 2 rings (SSSR count). The summed E-state index contributed by atoms with van der Waals surface area (Å²) in [7, 11) is -3.30. The monoisotopic (exact) mass is 357 g/mol. The number of nitrogens with one attached hydrogen (secondary N) is 1. The molecule has 0 spiro atoms. The Kier molecular flexibility index (Phi) is 5.57. The van der Waals surface area contributed by atoms with Gasteiger partial charge in [0.25, 0.3) is 0 Å². The Balaban J connectivity index is 1.83. The molecule has 0 bridgehead atoms. The van der Waals surface area contributed by atoms with Crippen LogP contribution in [0, 0.1) is 5.92 Å². The summed E-state index contributed by atoms with van der Waals surface area (Å²) in [5.74, 6) is -1.77. The molecule has 0 aromatic heterocycles. The number of amides is 1. The van der Waals surface area contributed by atoms with Crippen molar-refractivity contribution in [2.24, 2.45) is 5.92 Å². The lowest BCUT2D eigenvalue weighted by molar-refractivity contribution is -0.188. The molecule has 10 heteroatoms. The van der Waals surface area contributed by atoms with E-state index in [1.165, 1.54) is 4.90 Å². The zero-order valence-corrected chi connectivity index (χ0v) is 13.8. The predicted octanol–water partition coefficient (Wildman–Crippen LogP) is 0.411. The lowest BCUT2D eigenvalue weighted by Crippen LogP contribution is -2.48. The van der Waals surface area contributed by atoms with Gasteiger partial charge in [-0.15, -0.1) is 0 Å². The van der Waals surface area contributed by atoms with Crippen molar-refractivity contribution in [1.29, 1.82) is 0 Å². The zero-order chi connectivity index (χ0) is 17.3. The van der Waals surface area contributed by atoms with E-state index in [0.717, 1.165) is 6.26 Å². The van der Waals surface area contributed by atoms with Gasteiger partial charge in [0, 0.05) is 32.2 Å². The van der Waals surface area contributed by atoms with Gasteiger partial charge in [0.15, 0.2) is 0 Å². The van der Waals surface area contributed by atoms with Crippen LogP contribution >= 0.6 is 0 Å². The largest absolute Gasteiger partial charge is 0.393 e. The average Bonchev–Trinajstić information content (AvgIpc) is 2.82. The third-order valence-corrected chi connectivity index (χ3v) is 5.01. The molecular weight excluding hydrogens is 335 g/mol. The molecule has 2 saturated heterocycles. The summed E-state index contributed by atoms with van der Waals surface area (Å²) in [6.07, 6.45) is -2.18. The topological polar surface area (TPSA) is 69.7 Å². The van der Waals surface area contributed by atoms with Crippen LogP contribution in [0.15, 0.2) is 0 Å². The van der Waals surface area contributed by atoms with E-state index in [9.17, 15) is 26.4 Å². The van der Waals surface area contributed by atoms with E-state index in [2.05, 4.69) is 4.72 Å². The van der Waals surface area contributed by atoms with Crippen LogP contribution in [0.5, 0.6) is 0 Å². The summed E-state index contributed by atoms with van der Waals surface area (Å²) >= 11 is 0. The SMILES string of the molecule is CS(=O)(=O)NC1CCN(CC(=O)N2CCCC(C(F)(F)F)C2)C1. The molecule has 23 heavy (non-hydrogen) atoms. The number of hydrogen-bond acceptors (Lipinski definition) is 4. The molecule has 1 amide bonds. The van der Waals surface area contributed by atoms with Gasteiger partial charge in [-0.2, -0.15) is 13.2 Å². The molecule has 0 aliphatic carbocycles. The van der Waals surface area contributed by atoms with Crippen molar-refractivity contribution in [2.75, 3.05) is 39.0 Å². The number of alkyl halides is 3. The second-order valence-corrected chi connectivity index (χ2v) is 8.11. The number of carbonyl (C=O) groups excluding carboxylic acids is 1. The number of halogens is 3. The first-order valence-electron chi connectivity index (χ1n) is 7.59. The Labute approximate surface area is 134 Å². The lowest BCUT2D eigenvalue weighted by atomic mass is 9.97. The molecule has 2 atom stereocenters. The lowest BCUT2D eigenvalue weighted by Gasteiger charge is -2.34. The summed E-state index contributed by atoms with van der Waals surface area (Å²) in [6.45, 7) is 1.06. The summed E-state index contributed by atoms with van der Waals surface area (Å²) in [5.41, 5.74) is 0. The fourth-order valence-electron chi connectivity index (χ4n) is 3.14. The Hall–Kier alpha value is -0.870. The molecule has 2 aliphatic rings. The number of likely N-dealkylation sites (tertiary alicyclic amines) is 2.